The summed E-state index contributed by atoms with van der Waals surface area (Å²) in [6, 6.07) is -0.860. The first-order valence-electron chi connectivity index (χ1n) is 4.69. The van der Waals surface area contributed by atoms with E-state index >= 15 is 0 Å². The minimum atomic E-state index is -0.946. The predicted molar refractivity (Wildman–Crippen MR) is 60.7 cm³/mol. The van der Waals surface area contributed by atoms with Crippen molar-refractivity contribution in [3.63, 3.8) is 0 Å². The number of thiazole rings is 1. The van der Waals surface area contributed by atoms with Crippen LogP contribution in [0.1, 0.15) is 18.2 Å². The third-order valence-electron chi connectivity index (χ3n) is 1.70. The van der Waals surface area contributed by atoms with Gasteiger partial charge in [0, 0.05) is 17.1 Å². The smallest absolute Gasteiger partial charge is 0.321 e. The number of hydrogen-bond acceptors (Lipinski definition) is 4. The Morgan fingerprint density at radius 3 is 2.81 bits per heavy atom. The lowest BCUT2D eigenvalue weighted by Crippen LogP contribution is -2.37. The van der Waals surface area contributed by atoms with Gasteiger partial charge < -0.3 is 10.4 Å². The van der Waals surface area contributed by atoms with Gasteiger partial charge in [-0.1, -0.05) is 0 Å². The van der Waals surface area contributed by atoms with E-state index in [1.165, 1.54) is 11.3 Å². The molecule has 0 saturated heterocycles. The number of urea groups is 1. The molecule has 1 atom stereocenters. The maximum absolute atomic E-state index is 11.4. The molecule has 0 spiro atoms. The van der Waals surface area contributed by atoms with Crippen LogP contribution in [0, 0.1) is 6.92 Å². The molecule has 2 amide bonds. The van der Waals surface area contributed by atoms with Crippen molar-refractivity contribution >= 4 is 28.5 Å². The van der Waals surface area contributed by atoms with Gasteiger partial charge in [-0.15, -0.1) is 11.3 Å². The van der Waals surface area contributed by atoms with Crippen molar-refractivity contribution in [2.75, 3.05) is 5.32 Å². The highest BCUT2D eigenvalue weighted by atomic mass is 32.1. The second-order valence-corrected chi connectivity index (χ2v) is 4.61. The number of anilines is 1. The molecule has 16 heavy (non-hydrogen) atoms. The van der Waals surface area contributed by atoms with Crippen molar-refractivity contribution < 1.29 is 14.7 Å². The Morgan fingerprint density at radius 2 is 2.31 bits per heavy atom. The number of carbonyl (C=O) groups excluding carboxylic acids is 1. The van der Waals surface area contributed by atoms with Crippen LogP contribution in [-0.4, -0.2) is 28.1 Å². The van der Waals surface area contributed by atoms with Gasteiger partial charge in [-0.05, 0) is 13.8 Å². The Kier molecular flexibility index (Phi) is 4.24. The number of carboxylic acid groups (broad SMARTS) is 1. The van der Waals surface area contributed by atoms with Gasteiger partial charge in [0.15, 0.2) is 5.13 Å². The Labute approximate surface area is 96.7 Å². The van der Waals surface area contributed by atoms with Crippen molar-refractivity contribution in [2.45, 2.75) is 26.3 Å². The van der Waals surface area contributed by atoms with Crippen LogP contribution in [0.25, 0.3) is 0 Å². The summed E-state index contributed by atoms with van der Waals surface area (Å²) >= 11 is 1.36. The highest BCUT2D eigenvalue weighted by Crippen LogP contribution is 2.16. The number of rotatable bonds is 4. The fraction of sp³-hybridized carbons (Fsp3) is 0.444. The van der Waals surface area contributed by atoms with Crippen molar-refractivity contribution in [1.29, 1.82) is 0 Å². The molecule has 1 aromatic heterocycles. The van der Waals surface area contributed by atoms with Crippen molar-refractivity contribution in [3.8, 4) is 0 Å². The van der Waals surface area contributed by atoms with E-state index in [-0.39, 0.29) is 6.42 Å². The third-order valence-corrected chi connectivity index (χ3v) is 2.53. The molecular formula is C9H13N3O3S. The van der Waals surface area contributed by atoms with E-state index < -0.39 is 18.0 Å². The van der Waals surface area contributed by atoms with Gasteiger partial charge in [-0.2, -0.15) is 0 Å². The topological polar surface area (TPSA) is 91.3 Å². The van der Waals surface area contributed by atoms with Crippen LogP contribution < -0.4 is 10.6 Å². The molecule has 1 rings (SSSR count). The van der Waals surface area contributed by atoms with E-state index in [0.29, 0.717) is 5.13 Å². The molecular weight excluding hydrogens is 230 g/mol. The molecule has 0 saturated carbocycles. The molecule has 88 valence electrons. The molecule has 0 aliphatic rings. The number of nitrogens with zero attached hydrogens (tertiary/aromatic N) is 1. The van der Waals surface area contributed by atoms with Crippen LogP contribution >= 0.6 is 11.3 Å². The van der Waals surface area contributed by atoms with E-state index in [1.54, 1.807) is 13.1 Å². The van der Waals surface area contributed by atoms with Crippen LogP contribution in [0.15, 0.2) is 6.20 Å². The molecule has 0 aliphatic heterocycles. The van der Waals surface area contributed by atoms with Gasteiger partial charge in [-0.3, -0.25) is 10.1 Å². The minimum Gasteiger partial charge on any atom is -0.481 e. The number of aliphatic carboxylic acids is 1. The first-order valence-corrected chi connectivity index (χ1v) is 5.50. The zero-order valence-corrected chi connectivity index (χ0v) is 9.80. The number of aryl methyl sites for hydroxylation is 1. The molecule has 6 nitrogen and oxygen atoms in total. The zero-order chi connectivity index (χ0) is 12.1. The van der Waals surface area contributed by atoms with Crippen molar-refractivity contribution in [3.05, 3.63) is 11.1 Å². The molecule has 0 aliphatic carbocycles. The molecule has 1 unspecified atom stereocenters. The lowest BCUT2D eigenvalue weighted by Gasteiger charge is -2.10. The lowest BCUT2D eigenvalue weighted by atomic mass is 10.2. The van der Waals surface area contributed by atoms with Gasteiger partial charge in [0.1, 0.15) is 0 Å². The number of nitrogens with one attached hydrogen (secondary N) is 2. The van der Waals surface area contributed by atoms with Crippen LogP contribution in [0.2, 0.25) is 0 Å². The maximum atomic E-state index is 11.4. The summed E-state index contributed by atoms with van der Waals surface area (Å²) in [5, 5.41) is 14.0. The molecule has 0 bridgehead atoms. The monoisotopic (exact) mass is 243 g/mol. The van der Waals surface area contributed by atoms with E-state index in [1.807, 2.05) is 6.92 Å². The van der Waals surface area contributed by atoms with Crippen LogP contribution in [0.4, 0.5) is 9.93 Å². The van der Waals surface area contributed by atoms with Gasteiger partial charge in [-0.25, -0.2) is 9.78 Å². The van der Waals surface area contributed by atoms with Crippen molar-refractivity contribution in [2.24, 2.45) is 0 Å². The molecule has 1 aromatic rings. The number of aromatic nitrogens is 1. The van der Waals surface area contributed by atoms with E-state index in [2.05, 4.69) is 15.6 Å². The summed E-state index contributed by atoms with van der Waals surface area (Å²) < 4.78 is 0. The van der Waals surface area contributed by atoms with Gasteiger partial charge in [0.25, 0.3) is 0 Å². The molecule has 0 radical (unpaired) electrons. The summed E-state index contributed by atoms with van der Waals surface area (Å²) in [4.78, 5) is 26.7. The summed E-state index contributed by atoms with van der Waals surface area (Å²) in [7, 11) is 0. The lowest BCUT2D eigenvalue weighted by molar-refractivity contribution is -0.137. The number of carbonyl (C=O) groups is 2. The second-order valence-electron chi connectivity index (χ2n) is 3.37. The number of amides is 2. The molecule has 3 N–H and O–H groups in total. The van der Waals surface area contributed by atoms with E-state index in [4.69, 9.17) is 5.11 Å². The highest BCUT2D eigenvalue weighted by Gasteiger charge is 2.11. The third kappa shape index (κ3) is 4.26. The largest absolute Gasteiger partial charge is 0.481 e. The number of carboxylic acids is 1. The minimum absolute atomic E-state index is 0.107. The summed E-state index contributed by atoms with van der Waals surface area (Å²) in [5.41, 5.74) is 0. The Hall–Kier alpha value is -1.63. The first-order chi connectivity index (χ1) is 7.47. The normalized spacial score (nSPS) is 11.9. The summed E-state index contributed by atoms with van der Waals surface area (Å²) in [6.07, 6.45) is 1.55. The van der Waals surface area contributed by atoms with Gasteiger partial charge in [0.2, 0.25) is 0 Å². The van der Waals surface area contributed by atoms with Crippen LogP contribution in [0.3, 0.4) is 0 Å². The van der Waals surface area contributed by atoms with Gasteiger partial charge in [0.05, 0.1) is 6.42 Å². The standard InChI is InChI=1S/C9H13N3O3S/c1-5(3-7(13)14)11-8(15)12-9-10-4-6(2)16-9/h4-5H,3H2,1-2H3,(H,13,14)(H2,10,11,12,15). The summed E-state index contributed by atoms with van der Waals surface area (Å²) in [6.45, 7) is 3.51. The predicted octanol–water partition coefficient (Wildman–Crippen LogP) is 1.44. The van der Waals surface area contributed by atoms with Crippen LogP contribution in [-0.2, 0) is 4.79 Å². The maximum Gasteiger partial charge on any atom is 0.321 e. The first kappa shape index (κ1) is 12.4. The summed E-state index contributed by atoms with van der Waals surface area (Å²) in [5.74, 6) is -0.946. The molecule has 7 heteroatoms. The fourth-order valence-corrected chi connectivity index (χ4v) is 1.74. The molecule has 0 aromatic carbocycles. The average molecular weight is 243 g/mol. The average Bonchev–Trinajstić information content (AvgIpc) is 2.48. The molecule has 0 fully saturated rings. The quantitative estimate of drug-likeness (QED) is 0.746. The van der Waals surface area contributed by atoms with Crippen LogP contribution in [0.5, 0.6) is 0 Å². The Bertz CT molecular complexity index is 391. The molecule has 1 heterocycles. The Morgan fingerprint density at radius 1 is 1.62 bits per heavy atom. The Balaban J connectivity index is 2.38. The zero-order valence-electron chi connectivity index (χ0n) is 8.98. The fourth-order valence-electron chi connectivity index (χ4n) is 1.08. The SMILES string of the molecule is Cc1cnc(NC(=O)NC(C)CC(=O)O)s1. The van der Waals surface area contributed by atoms with E-state index in [0.717, 1.165) is 4.88 Å². The van der Waals surface area contributed by atoms with E-state index in [9.17, 15) is 9.59 Å². The van der Waals surface area contributed by atoms with Crippen molar-refractivity contribution in [1.82, 2.24) is 10.3 Å². The van der Waals surface area contributed by atoms with Gasteiger partial charge >= 0.3 is 12.0 Å². The highest BCUT2D eigenvalue weighted by molar-refractivity contribution is 7.15. The number of hydrogen-bond donors (Lipinski definition) is 3. The second kappa shape index (κ2) is 5.45.